The van der Waals surface area contributed by atoms with Gasteiger partial charge in [-0.05, 0) is 61.4 Å². The number of hydrogen-bond acceptors (Lipinski definition) is 2. The van der Waals surface area contributed by atoms with Gasteiger partial charge in [0, 0.05) is 25.8 Å². The van der Waals surface area contributed by atoms with Gasteiger partial charge >= 0.3 is 0 Å². The SMILES string of the molecule is CCCNCc1ccc(N(C)CC2CC2C)cc1C. The van der Waals surface area contributed by atoms with Gasteiger partial charge in [-0.1, -0.05) is 19.9 Å². The summed E-state index contributed by atoms with van der Waals surface area (Å²) in [6.07, 6.45) is 2.60. The molecule has 106 valence electrons. The Labute approximate surface area is 118 Å². The van der Waals surface area contributed by atoms with Crippen molar-refractivity contribution in [3.8, 4) is 0 Å². The highest BCUT2D eigenvalue weighted by molar-refractivity contribution is 5.50. The smallest absolute Gasteiger partial charge is 0.0366 e. The van der Waals surface area contributed by atoms with E-state index in [-0.39, 0.29) is 0 Å². The highest BCUT2D eigenvalue weighted by Gasteiger charge is 2.33. The Morgan fingerprint density at radius 3 is 2.68 bits per heavy atom. The highest BCUT2D eigenvalue weighted by atomic mass is 15.1. The Morgan fingerprint density at radius 1 is 1.37 bits per heavy atom. The van der Waals surface area contributed by atoms with Crippen LogP contribution >= 0.6 is 0 Å². The molecule has 2 unspecified atom stereocenters. The van der Waals surface area contributed by atoms with Gasteiger partial charge < -0.3 is 10.2 Å². The van der Waals surface area contributed by atoms with Crippen molar-refractivity contribution in [1.29, 1.82) is 0 Å². The summed E-state index contributed by atoms with van der Waals surface area (Å²) in [4.78, 5) is 2.41. The average Bonchev–Trinajstić information content (AvgIpc) is 3.07. The van der Waals surface area contributed by atoms with Gasteiger partial charge in [0.05, 0.1) is 0 Å². The van der Waals surface area contributed by atoms with Crippen LogP contribution in [-0.2, 0) is 6.54 Å². The summed E-state index contributed by atoms with van der Waals surface area (Å²) in [5, 5.41) is 3.48. The molecule has 2 heteroatoms. The molecule has 1 aliphatic rings. The third-order valence-corrected chi connectivity index (χ3v) is 4.29. The molecule has 1 saturated carbocycles. The van der Waals surface area contributed by atoms with Gasteiger partial charge in [-0.3, -0.25) is 0 Å². The van der Waals surface area contributed by atoms with Crippen LogP contribution in [0.5, 0.6) is 0 Å². The van der Waals surface area contributed by atoms with E-state index in [0.29, 0.717) is 0 Å². The summed E-state index contributed by atoms with van der Waals surface area (Å²) in [6, 6.07) is 6.87. The molecule has 1 aliphatic carbocycles. The molecule has 0 spiro atoms. The van der Waals surface area contributed by atoms with Gasteiger partial charge in [-0.15, -0.1) is 0 Å². The van der Waals surface area contributed by atoms with Crippen LogP contribution in [0.15, 0.2) is 18.2 Å². The molecule has 1 fully saturated rings. The van der Waals surface area contributed by atoms with Crippen LogP contribution in [-0.4, -0.2) is 20.1 Å². The molecular formula is C17H28N2. The van der Waals surface area contributed by atoms with Crippen molar-refractivity contribution in [1.82, 2.24) is 5.32 Å². The molecule has 1 aromatic carbocycles. The predicted molar refractivity (Wildman–Crippen MR) is 83.7 cm³/mol. The third-order valence-electron chi connectivity index (χ3n) is 4.29. The van der Waals surface area contributed by atoms with E-state index >= 15 is 0 Å². The second kappa shape index (κ2) is 6.42. The average molecular weight is 260 g/mol. The minimum atomic E-state index is 0.913. The zero-order chi connectivity index (χ0) is 13.8. The van der Waals surface area contributed by atoms with Crippen LogP contribution in [0.2, 0.25) is 0 Å². The van der Waals surface area contributed by atoms with Gasteiger partial charge in [-0.25, -0.2) is 0 Å². The number of nitrogens with zero attached hydrogens (tertiary/aromatic N) is 1. The molecule has 1 N–H and O–H groups in total. The molecule has 0 bridgehead atoms. The van der Waals surface area contributed by atoms with Crippen molar-refractivity contribution in [3.05, 3.63) is 29.3 Å². The van der Waals surface area contributed by atoms with Crippen LogP contribution in [0, 0.1) is 18.8 Å². The van der Waals surface area contributed by atoms with Crippen molar-refractivity contribution in [2.45, 2.75) is 40.2 Å². The van der Waals surface area contributed by atoms with Gasteiger partial charge in [-0.2, -0.15) is 0 Å². The van der Waals surface area contributed by atoms with E-state index in [1.54, 1.807) is 0 Å². The molecule has 2 rings (SSSR count). The van der Waals surface area contributed by atoms with Crippen LogP contribution < -0.4 is 10.2 Å². The molecule has 0 aliphatic heterocycles. The molecule has 2 nitrogen and oxygen atoms in total. The van der Waals surface area contributed by atoms with Crippen LogP contribution in [0.1, 0.15) is 37.8 Å². The maximum Gasteiger partial charge on any atom is 0.0366 e. The Kier molecular flexibility index (Phi) is 4.87. The van der Waals surface area contributed by atoms with Crippen molar-refractivity contribution < 1.29 is 0 Å². The number of nitrogens with one attached hydrogen (secondary N) is 1. The minimum Gasteiger partial charge on any atom is -0.374 e. The molecule has 19 heavy (non-hydrogen) atoms. The molecule has 0 heterocycles. The fraction of sp³-hybridized carbons (Fsp3) is 0.647. The topological polar surface area (TPSA) is 15.3 Å². The highest BCUT2D eigenvalue weighted by Crippen LogP contribution is 2.38. The number of anilines is 1. The lowest BCUT2D eigenvalue weighted by Gasteiger charge is -2.21. The number of rotatable bonds is 7. The first-order chi connectivity index (χ1) is 9.11. The first kappa shape index (κ1) is 14.4. The molecular weight excluding hydrogens is 232 g/mol. The van der Waals surface area contributed by atoms with Gasteiger partial charge in [0.15, 0.2) is 0 Å². The van der Waals surface area contributed by atoms with Crippen molar-refractivity contribution in [2.24, 2.45) is 11.8 Å². The maximum atomic E-state index is 3.48. The fourth-order valence-electron chi connectivity index (χ4n) is 2.63. The summed E-state index contributed by atoms with van der Waals surface area (Å²) >= 11 is 0. The van der Waals surface area contributed by atoms with Crippen molar-refractivity contribution >= 4 is 5.69 Å². The second-order valence-electron chi connectivity index (χ2n) is 6.14. The van der Waals surface area contributed by atoms with E-state index in [1.807, 2.05) is 0 Å². The van der Waals surface area contributed by atoms with Crippen LogP contribution in [0.25, 0.3) is 0 Å². The van der Waals surface area contributed by atoms with E-state index in [9.17, 15) is 0 Å². The fourth-order valence-corrected chi connectivity index (χ4v) is 2.63. The molecule has 0 radical (unpaired) electrons. The predicted octanol–water partition coefficient (Wildman–Crippen LogP) is 3.59. The molecule has 0 amide bonds. The van der Waals surface area contributed by atoms with Crippen molar-refractivity contribution in [3.63, 3.8) is 0 Å². The minimum absolute atomic E-state index is 0.913. The summed E-state index contributed by atoms with van der Waals surface area (Å²) in [5.74, 6) is 1.84. The summed E-state index contributed by atoms with van der Waals surface area (Å²) in [5.41, 5.74) is 4.18. The van der Waals surface area contributed by atoms with Gasteiger partial charge in [0.2, 0.25) is 0 Å². The van der Waals surface area contributed by atoms with E-state index < -0.39 is 0 Å². The Bertz CT molecular complexity index is 414. The zero-order valence-electron chi connectivity index (χ0n) is 12.9. The lowest BCUT2D eigenvalue weighted by Crippen LogP contribution is -2.21. The number of benzene rings is 1. The summed E-state index contributed by atoms with van der Waals surface area (Å²) in [6.45, 7) is 10.1. The van der Waals surface area contributed by atoms with Gasteiger partial charge in [0.1, 0.15) is 0 Å². The molecule has 2 atom stereocenters. The van der Waals surface area contributed by atoms with Crippen LogP contribution in [0.3, 0.4) is 0 Å². The first-order valence-corrected chi connectivity index (χ1v) is 7.63. The van der Waals surface area contributed by atoms with Crippen molar-refractivity contribution in [2.75, 3.05) is 25.0 Å². The number of hydrogen-bond donors (Lipinski definition) is 1. The largest absolute Gasteiger partial charge is 0.374 e. The van der Waals surface area contributed by atoms with E-state index in [0.717, 1.165) is 24.9 Å². The monoisotopic (exact) mass is 260 g/mol. The van der Waals surface area contributed by atoms with E-state index in [2.05, 4.69) is 56.2 Å². The first-order valence-electron chi connectivity index (χ1n) is 7.63. The maximum absolute atomic E-state index is 3.48. The summed E-state index contributed by atoms with van der Waals surface area (Å²) < 4.78 is 0. The lowest BCUT2D eigenvalue weighted by atomic mass is 10.1. The third kappa shape index (κ3) is 3.97. The number of aryl methyl sites for hydroxylation is 1. The Morgan fingerprint density at radius 2 is 2.11 bits per heavy atom. The zero-order valence-corrected chi connectivity index (χ0v) is 12.9. The normalized spacial score (nSPS) is 21.5. The summed E-state index contributed by atoms with van der Waals surface area (Å²) in [7, 11) is 2.22. The molecule has 0 aromatic heterocycles. The standard InChI is InChI=1S/C17H28N2/c1-5-8-18-11-15-6-7-17(10-14(15)3)19(4)12-16-9-13(16)2/h6-7,10,13,16,18H,5,8-9,11-12H2,1-4H3. The Hall–Kier alpha value is -1.02. The molecule has 0 saturated heterocycles. The second-order valence-corrected chi connectivity index (χ2v) is 6.14. The lowest BCUT2D eigenvalue weighted by molar-refractivity contribution is 0.673. The molecule has 1 aromatic rings. The Balaban J connectivity index is 1.93. The van der Waals surface area contributed by atoms with Crippen LogP contribution in [0.4, 0.5) is 5.69 Å². The van der Waals surface area contributed by atoms with Gasteiger partial charge in [0.25, 0.3) is 0 Å². The van der Waals surface area contributed by atoms with E-state index in [1.165, 1.54) is 36.2 Å². The van der Waals surface area contributed by atoms with E-state index in [4.69, 9.17) is 0 Å². The quantitative estimate of drug-likeness (QED) is 0.754.